The van der Waals surface area contributed by atoms with Crippen LogP contribution in [0.4, 0.5) is 0 Å². The Morgan fingerprint density at radius 2 is 2.18 bits per heavy atom. The predicted octanol–water partition coefficient (Wildman–Crippen LogP) is 3.55. The highest BCUT2D eigenvalue weighted by Crippen LogP contribution is 2.32. The minimum atomic E-state index is -0.0401. The Morgan fingerprint density at radius 3 is 2.82 bits per heavy atom. The van der Waals surface area contributed by atoms with Gasteiger partial charge in [-0.3, -0.25) is 9.78 Å². The molecule has 1 aromatic carbocycles. The lowest BCUT2D eigenvalue weighted by atomic mass is 10.1. The molecule has 1 aliphatic carbocycles. The molecule has 114 valence electrons. The molecule has 5 heteroatoms. The standard InChI is InChI=1S/C17H17ClN2O2/c1-22-16-10-12(18)5-8-15(16)17(21)20(14-6-7-14)11-13-4-2-3-9-19-13/h2-5,8-10,14H,6-7,11H2,1H3. The maximum absolute atomic E-state index is 12.9. The molecule has 1 fully saturated rings. The molecule has 1 aromatic heterocycles. The van der Waals surface area contributed by atoms with Gasteiger partial charge in [-0.05, 0) is 43.2 Å². The first kappa shape index (κ1) is 14.9. The van der Waals surface area contributed by atoms with Crippen LogP contribution in [0.2, 0.25) is 5.02 Å². The number of nitrogens with zero attached hydrogens (tertiary/aromatic N) is 2. The van der Waals surface area contributed by atoms with Crippen molar-refractivity contribution < 1.29 is 9.53 Å². The minimum Gasteiger partial charge on any atom is -0.496 e. The van der Waals surface area contributed by atoms with E-state index in [1.54, 1.807) is 31.5 Å². The number of carbonyl (C=O) groups is 1. The molecule has 0 radical (unpaired) electrons. The third-order valence-electron chi connectivity index (χ3n) is 3.70. The fourth-order valence-corrected chi connectivity index (χ4v) is 2.58. The quantitative estimate of drug-likeness (QED) is 0.847. The molecule has 1 amide bonds. The Morgan fingerprint density at radius 1 is 1.36 bits per heavy atom. The largest absolute Gasteiger partial charge is 0.496 e. The lowest BCUT2D eigenvalue weighted by molar-refractivity contribution is 0.0724. The van der Waals surface area contributed by atoms with Crippen molar-refractivity contribution in [3.8, 4) is 5.75 Å². The Bertz CT molecular complexity index is 672. The number of hydrogen-bond acceptors (Lipinski definition) is 3. The fourth-order valence-electron chi connectivity index (χ4n) is 2.42. The van der Waals surface area contributed by atoms with Crippen LogP contribution in [0.5, 0.6) is 5.75 Å². The normalized spacial score (nSPS) is 13.7. The number of pyridine rings is 1. The molecule has 2 aromatic rings. The summed E-state index contributed by atoms with van der Waals surface area (Å²) in [4.78, 5) is 19.1. The number of halogens is 1. The molecule has 0 spiro atoms. The highest BCUT2D eigenvalue weighted by molar-refractivity contribution is 6.30. The second kappa shape index (κ2) is 6.36. The molecule has 3 rings (SSSR count). The van der Waals surface area contributed by atoms with E-state index in [4.69, 9.17) is 16.3 Å². The molecule has 0 bridgehead atoms. The van der Waals surface area contributed by atoms with Crippen molar-refractivity contribution in [1.29, 1.82) is 0 Å². The van der Waals surface area contributed by atoms with Crippen molar-refractivity contribution in [3.63, 3.8) is 0 Å². The van der Waals surface area contributed by atoms with Gasteiger partial charge in [-0.1, -0.05) is 17.7 Å². The van der Waals surface area contributed by atoms with E-state index in [2.05, 4.69) is 4.98 Å². The second-order valence-electron chi connectivity index (χ2n) is 5.33. The van der Waals surface area contributed by atoms with Crippen molar-refractivity contribution >= 4 is 17.5 Å². The predicted molar refractivity (Wildman–Crippen MR) is 85.1 cm³/mol. The first-order valence-electron chi connectivity index (χ1n) is 7.23. The van der Waals surface area contributed by atoms with Gasteiger partial charge < -0.3 is 9.64 Å². The summed E-state index contributed by atoms with van der Waals surface area (Å²) in [6.07, 6.45) is 3.82. The zero-order valence-corrected chi connectivity index (χ0v) is 13.1. The zero-order valence-electron chi connectivity index (χ0n) is 12.3. The van der Waals surface area contributed by atoms with Crippen LogP contribution < -0.4 is 4.74 Å². The molecule has 0 saturated heterocycles. The van der Waals surface area contributed by atoms with Crippen LogP contribution in [0.15, 0.2) is 42.6 Å². The zero-order chi connectivity index (χ0) is 15.5. The molecule has 0 unspecified atom stereocenters. The maximum atomic E-state index is 12.9. The van der Waals surface area contributed by atoms with Crippen molar-refractivity contribution in [1.82, 2.24) is 9.88 Å². The average molecular weight is 317 g/mol. The number of rotatable bonds is 5. The van der Waals surface area contributed by atoms with Gasteiger partial charge in [0.15, 0.2) is 0 Å². The monoisotopic (exact) mass is 316 g/mol. The number of ether oxygens (including phenoxy) is 1. The molecular formula is C17H17ClN2O2. The lowest BCUT2D eigenvalue weighted by Crippen LogP contribution is -2.33. The summed E-state index contributed by atoms with van der Waals surface area (Å²) in [5.41, 5.74) is 1.42. The van der Waals surface area contributed by atoms with Crippen molar-refractivity contribution in [2.45, 2.75) is 25.4 Å². The van der Waals surface area contributed by atoms with Gasteiger partial charge >= 0.3 is 0 Å². The molecular weight excluding hydrogens is 300 g/mol. The SMILES string of the molecule is COc1cc(Cl)ccc1C(=O)N(Cc1ccccn1)C1CC1. The summed E-state index contributed by atoms with van der Waals surface area (Å²) in [6, 6.07) is 11.1. The first-order valence-corrected chi connectivity index (χ1v) is 7.61. The first-order chi connectivity index (χ1) is 10.7. The highest BCUT2D eigenvalue weighted by Gasteiger charge is 2.34. The van der Waals surface area contributed by atoms with Crippen molar-refractivity contribution in [2.24, 2.45) is 0 Å². The van der Waals surface area contributed by atoms with Gasteiger partial charge in [-0.2, -0.15) is 0 Å². The topological polar surface area (TPSA) is 42.4 Å². The van der Waals surface area contributed by atoms with Crippen LogP contribution in [-0.2, 0) is 6.54 Å². The van der Waals surface area contributed by atoms with Gasteiger partial charge in [-0.15, -0.1) is 0 Å². The van der Waals surface area contributed by atoms with E-state index in [1.165, 1.54) is 0 Å². The molecule has 0 atom stereocenters. The smallest absolute Gasteiger partial charge is 0.258 e. The Kier molecular flexibility index (Phi) is 4.29. The molecule has 1 heterocycles. The van der Waals surface area contributed by atoms with Crippen LogP contribution in [0, 0.1) is 0 Å². The van der Waals surface area contributed by atoms with E-state index in [1.807, 2.05) is 23.1 Å². The van der Waals surface area contributed by atoms with E-state index in [0.717, 1.165) is 18.5 Å². The number of hydrogen-bond donors (Lipinski definition) is 0. The van der Waals surface area contributed by atoms with Gasteiger partial charge in [0, 0.05) is 17.3 Å². The molecule has 4 nitrogen and oxygen atoms in total. The number of benzene rings is 1. The van der Waals surface area contributed by atoms with Crippen LogP contribution >= 0.6 is 11.6 Å². The fraction of sp³-hybridized carbons (Fsp3) is 0.294. The molecule has 0 aliphatic heterocycles. The summed E-state index contributed by atoms with van der Waals surface area (Å²) in [5.74, 6) is 0.464. The van der Waals surface area contributed by atoms with Crippen molar-refractivity contribution in [2.75, 3.05) is 7.11 Å². The van der Waals surface area contributed by atoms with Crippen LogP contribution in [-0.4, -0.2) is 28.9 Å². The molecule has 1 saturated carbocycles. The summed E-state index contributed by atoms with van der Waals surface area (Å²) < 4.78 is 5.30. The van der Waals surface area contributed by atoms with Gasteiger partial charge in [0.25, 0.3) is 5.91 Å². The summed E-state index contributed by atoms with van der Waals surface area (Å²) in [6.45, 7) is 0.510. The molecule has 0 N–H and O–H groups in total. The number of aromatic nitrogens is 1. The van der Waals surface area contributed by atoms with E-state index in [9.17, 15) is 4.79 Å². The van der Waals surface area contributed by atoms with Crippen LogP contribution in [0.3, 0.4) is 0 Å². The maximum Gasteiger partial charge on any atom is 0.258 e. The second-order valence-corrected chi connectivity index (χ2v) is 5.77. The van der Waals surface area contributed by atoms with E-state index in [-0.39, 0.29) is 11.9 Å². The van der Waals surface area contributed by atoms with Crippen LogP contribution in [0.25, 0.3) is 0 Å². The Labute approximate surface area is 134 Å². The van der Waals surface area contributed by atoms with Gasteiger partial charge in [0.2, 0.25) is 0 Å². The van der Waals surface area contributed by atoms with E-state index < -0.39 is 0 Å². The molecule has 1 aliphatic rings. The summed E-state index contributed by atoms with van der Waals surface area (Å²) in [5, 5.41) is 0.552. The third kappa shape index (κ3) is 3.22. The molecule has 22 heavy (non-hydrogen) atoms. The summed E-state index contributed by atoms with van der Waals surface area (Å²) in [7, 11) is 1.54. The minimum absolute atomic E-state index is 0.0401. The highest BCUT2D eigenvalue weighted by atomic mass is 35.5. The summed E-state index contributed by atoms with van der Waals surface area (Å²) >= 11 is 5.97. The number of carbonyl (C=O) groups excluding carboxylic acids is 1. The number of amides is 1. The third-order valence-corrected chi connectivity index (χ3v) is 3.94. The Hall–Kier alpha value is -2.07. The van der Waals surface area contributed by atoms with Crippen molar-refractivity contribution in [3.05, 3.63) is 58.9 Å². The number of methoxy groups -OCH3 is 1. The average Bonchev–Trinajstić information content (AvgIpc) is 3.37. The lowest BCUT2D eigenvalue weighted by Gasteiger charge is -2.23. The van der Waals surface area contributed by atoms with Gasteiger partial charge in [0.1, 0.15) is 5.75 Å². The van der Waals surface area contributed by atoms with Gasteiger partial charge in [-0.25, -0.2) is 0 Å². The van der Waals surface area contributed by atoms with E-state index in [0.29, 0.717) is 22.9 Å². The van der Waals surface area contributed by atoms with Crippen LogP contribution in [0.1, 0.15) is 28.9 Å². The van der Waals surface area contributed by atoms with E-state index >= 15 is 0 Å². The van der Waals surface area contributed by atoms with Gasteiger partial charge in [0.05, 0.1) is 24.9 Å². The Balaban J connectivity index is 1.87.